The van der Waals surface area contributed by atoms with Crippen LogP contribution >= 0.6 is 0 Å². The summed E-state index contributed by atoms with van der Waals surface area (Å²) in [6, 6.07) is 5.67. The van der Waals surface area contributed by atoms with Crippen LogP contribution < -0.4 is 11.3 Å². The number of halogens is 1. The van der Waals surface area contributed by atoms with Gasteiger partial charge in [-0.05, 0) is 85.8 Å². The van der Waals surface area contributed by atoms with Crippen molar-refractivity contribution < 1.29 is 4.39 Å². The Bertz CT molecular complexity index is 519. The fraction of sp³-hybridized carbons (Fsp3) is 0.667. The number of benzene rings is 1. The van der Waals surface area contributed by atoms with Gasteiger partial charge < -0.3 is 0 Å². The van der Waals surface area contributed by atoms with Gasteiger partial charge in [0.25, 0.3) is 0 Å². The molecule has 0 saturated heterocycles. The lowest BCUT2D eigenvalue weighted by molar-refractivity contribution is -0.0749. The number of nitrogens with one attached hydrogen (secondary N) is 1. The third-order valence-corrected chi connectivity index (χ3v) is 6.38. The molecule has 0 spiro atoms. The van der Waals surface area contributed by atoms with Crippen molar-refractivity contribution in [3.05, 3.63) is 35.1 Å². The van der Waals surface area contributed by atoms with Gasteiger partial charge in [0, 0.05) is 0 Å². The first-order chi connectivity index (χ1) is 10.1. The fourth-order valence-electron chi connectivity index (χ4n) is 6.01. The Morgan fingerprint density at radius 3 is 2.19 bits per heavy atom. The molecule has 21 heavy (non-hydrogen) atoms. The van der Waals surface area contributed by atoms with E-state index in [9.17, 15) is 4.39 Å². The van der Waals surface area contributed by atoms with Crippen LogP contribution in [0.5, 0.6) is 0 Å². The summed E-state index contributed by atoms with van der Waals surface area (Å²) in [5.41, 5.74) is 5.28. The molecule has 3 heteroatoms. The Kier molecular flexibility index (Phi) is 3.13. The van der Waals surface area contributed by atoms with Crippen molar-refractivity contribution in [1.29, 1.82) is 0 Å². The summed E-state index contributed by atoms with van der Waals surface area (Å²) in [7, 11) is 0. The largest absolute Gasteiger partial charge is 0.271 e. The molecule has 0 amide bonds. The standard InChI is InChI=1S/C18H25FN2/c1-11-4-15(2-3-16(11)19)17(21-20)18-8-12-5-13(9-18)7-14(6-12)10-18/h2-4,12-14,17,21H,5-10,20H2,1H3. The van der Waals surface area contributed by atoms with Crippen molar-refractivity contribution in [3.63, 3.8) is 0 Å². The van der Waals surface area contributed by atoms with Gasteiger partial charge >= 0.3 is 0 Å². The van der Waals surface area contributed by atoms with E-state index >= 15 is 0 Å². The molecule has 5 rings (SSSR count). The van der Waals surface area contributed by atoms with E-state index in [0.717, 1.165) is 23.3 Å². The maximum atomic E-state index is 13.6. The molecule has 3 N–H and O–H groups in total. The van der Waals surface area contributed by atoms with E-state index in [1.807, 2.05) is 19.1 Å². The van der Waals surface area contributed by atoms with Crippen LogP contribution in [0.15, 0.2) is 18.2 Å². The van der Waals surface area contributed by atoms with Gasteiger partial charge in [-0.1, -0.05) is 12.1 Å². The molecule has 4 aliphatic carbocycles. The van der Waals surface area contributed by atoms with Crippen LogP contribution in [0, 0.1) is 35.9 Å². The summed E-state index contributed by atoms with van der Waals surface area (Å²) in [5.74, 6) is 8.54. The zero-order valence-corrected chi connectivity index (χ0v) is 12.7. The van der Waals surface area contributed by atoms with Crippen molar-refractivity contribution in [2.75, 3.05) is 0 Å². The molecule has 1 aromatic rings. The lowest BCUT2D eigenvalue weighted by atomic mass is 9.47. The summed E-state index contributed by atoms with van der Waals surface area (Å²) < 4.78 is 13.6. The van der Waals surface area contributed by atoms with E-state index in [4.69, 9.17) is 5.84 Å². The molecule has 4 fully saturated rings. The number of aryl methyl sites for hydroxylation is 1. The van der Waals surface area contributed by atoms with Gasteiger partial charge in [-0.2, -0.15) is 0 Å². The zero-order chi connectivity index (χ0) is 14.6. The molecule has 4 saturated carbocycles. The highest BCUT2D eigenvalue weighted by atomic mass is 19.1. The van der Waals surface area contributed by atoms with Crippen LogP contribution in [0.3, 0.4) is 0 Å². The van der Waals surface area contributed by atoms with E-state index in [1.54, 1.807) is 6.07 Å². The maximum absolute atomic E-state index is 13.6. The quantitative estimate of drug-likeness (QED) is 0.655. The highest BCUT2D eigenvalue weighted by Crippen LogP contribution is 2.63. The minimum absolute atomic E-state index is 0.125. The summed E-state index contributed by atoms with van der Waals surface area (Å²) in [6.07, 6.45) is 8.18. The van der Waals surface area contributed by atoms with Gasteiger partial charge in [0.2, 0.25) is 0 Å². The first kappa shape index (κ1) is 13.7. The van der Waals surface area contributed by atoms with Gasteiger partial charge in [0.1, 0.15) is 5.82 Å². The first-order valence-corrected chi connectivity index (χ1v) is 8.32. The minimum atomic E-state index is -0.125. The number of rotatable bonds is 3. The number of hydrogen-bond donors (Lipinski definition) is 2. The molecule has 4 aliphatic rings. The van der Waals surface area contributed by atoms with Gasteiger partial charge in [-0.25, -0.2) is 4.39 Å². The fourth-order valence-corrected chi connectivity index (χ4v) is 6.01. The van der Waals surface area contributed by atoms with Gasteiger partial charge in [-0.15, -0.1) is 0 Å². The molecule has 4 bridgehead atoms. The normalized spacial score (nSPS) is 38.7. The first-order valence-electron chi connectivity index (χ1n) is 8.32. The summed E-state index contributed by atoms with van der Waals surface area (Å²) in [5, 5.41) is 0. The van der Waals surface area contributed by atoms with E-state index in [1.165, 1.54) is 44.1 Å². The molecule has 0 heterocycles. The van der Waals surface area contributed by atoms with Crippen LogP contribution in [0.25, 0.3) is 0 Å². The lowest BCUT2D eigenvalue weighted by Crippen LogP contribution is -2.53. The minimum Gasteiger partial charge on any atom is -0.271 e. The number of nitrogens with two attached hydrogens (primary N) is 1. The summed E-state index contributed by atoms with van der Waals surface area (Å²) in [6.45, 7) is 1.84. The molecule has 114 valence electrons. The third kappa shape index (κ3) is 2.13. The highest BCUT2D eigenvalue weighted by molar-refractivity contribution is 5.29. The van der Waals surface area contributed by atoms with Crippen molar-refractivity contribution >= 4 is 0 Å². The number of hydrogen-bond acceptors (Lipinski definition) is 2. The Hall–Kier alpha value is -0.930. The average molecular weight is 288 g/mol. The highest BCUT2D eigenvalue weighted by Gasteiger charge is 2.54. The summed E-state index contributed by atoms with van der Waals surface area (Å²) in [4.78, 5) is 0. The van der Waals surface area contributed by atoms with Crippen molar-refractivity contribution in [2.45, 2.75) is 51.5 Å². The molecule has 1 atom stereocenters. The van der Waals surface area contributed by atoms with Crippen LogP contribution in [0.2, 0.25) is 0 Å². The second-order valence-electron chi connectivity index (χ2n) is 7.89. The Balaban J connectivity index is 1.70. The van der Waals surface area contributed by atoms with E-state index in [2.05, 4.69) is 5.43 Å². The smallest absolute Gasteiger partial charge is 0.126 e. The Labute approximate surface area is 126 Å². The molecule has 0 aromatic heterocycles. The number of hydrazine groups is 1. The van der Waals surface area contributed by atoms with E-state index in [0.29, 0.717) is 5.41 Å². The lowest BCUT2D eigenvalue weighted by Gasteiger charge is -2.59. The summed E-state index contributed by atoms with van der Waals surface area (Å²) >= 11 is 0. The molecule has 1 aromatic carbocycles. The topological polar surface area (TPSA) is 38.0 Å². The van der Waals surface area contributed by atoms with Crippen molar-refractivity contribution in [2.24, 2.45) is 29.0 Å². The molecular formula is C18H25FN2. The Morgan fingerprint density at radius 2 is 1.71 bits per heavy atom. The maximum Gasteiger partial charge on any atom is 0.126 e. The third-order valence-electron chi connectivity index (χ3n) is 6.38. The van der Waals surface area contributed by atoms with Crippen molar-refractivity contribution in [3.8, 4) is 0 Å². The van der Waals surface area contributed by atoms with Crippen LogP contribution in [-0.4, -0.2) is 0 Å². The van der Waals surface area contributed by atoms with Crippen LogP contribution in [0.4, 0.5) is 4.39 Å². The molecule has 0 aliphatic heterocycles. The van der Waals surface area contributed by atoms with E-state index < -0.39 is 0 Å². The van der Waals surface area contributed by atoms with Gasteiger partial charge in [-0.3, -0.25) is 11.3 Å². The van der Waals surface area contributed by atoms with Crippen LogP contribution in [0.1, 0.15) is 55.7 Å². The zero-order valence-electron chi connectivity index (χ0n) is 12.7. The molecule has 1 unspecified atom stereocenters. The van der Waals surface area contributed by atoms with Crippen molar-refractivity contribution in [1.82, 2.24) is 5.43 Å². The Morgan fingerprint density at radius 1 is 1.14 bits per heavy atom. The average Bonchev–Trinajstić information content (AvgIpc) is 2.41. The predicted molar refractivity (Wildman–Crippen MR) is 81.8 cm³/mol. The molecule has 0 radical (unpaired) electrons. The van der Waals surface area contributed by atoms with Gasteiger partial charge in [0.15, 0.2) is 0 Å². The molecule has 2 nitrogen and oxygen atoms in total. The molecular weight excluding hydrogens is 263 g/mol. The SMILES string of the molecule is Cc1cc(C(NN)C23CC4CC(CC(C4)C2)C3)ccc1F. The predicted octanol–water partition coefficient (Wildman–Crippen LogP) is 3.85. The van der Waals surface area contributed by atoms with Crippen LogP contribution in [-0.2, 0) is 0 Å². The van der Waals surface area contributed by atoms with E-state index in [-0.39, 0.29) is 11.9 Å². The second-order valence-corrected chi connectivity index (χ2v) is 7.89. The second kappa shape index (κ2) is 4.79. The monoisotopic (exact) mass is 288 g/mol. The van der Waals surface area contributed by atoms with Gasteiger partial charge in [0.05, 0.1) is 6.04 Å².